The highest BCUT2D eigenvalue weighted by Crippen LogP contribution is 2.59. The number of ether oxygens (including phenoxy) is 5. The number of pyridine rings is 2. The molecule has 1 N–H and O–H groups in total. The minimum Gasteiger partial charge on any atom is -0.490 e. The predicted molar refractivity (Wildman–Crippen MR) is 180 cm³/mol. The zero-order valence-corrected chi connectivity index (χ0v) is 29.4. The molecule has 0 aromatic carbocycles. The fourth-order valence-corrected chi connectivity index (χ4v) is 8.06. The first-order chi connectivity index (χ1) is 23.2. The number of methoxy groups -OCH3 is 1. The lowest BCUT2D eigenvalue weighted by molar-refractivity contribution is 0.0151. The molecule has 12 heteroatoms. The molecule has 2 atom stereocenters. The molecular weight excluding hydrogens is 628 g/mol. The second-order valence-corrected chi connectivity index (χ2v) is 15.1. The van der Waals surface area contributed by atoms with Crippen molar-refractivity contribution < 1.29 is 38.4 Å². The Labute approximate surface area is 285 Å². The third-order valence-corrected chi connectivity index (χ3v) is 10.9. The van der Waals surface area contributed by atoms with Crippen LogP contribution in [0.1, 0.15) is 112 Å². The van der Waals surface area contributed by atoms with Crippen molar-refractivity contribution in [2.45, 2.75) is 114 Å². The summed E-state index contributed by atoms with van der Waals surface area (Å²) in [5, 5.41) is 9.49. The van der Waals surface area contributed by atoms with E-state index in [2.05, 4.69) is 13.8 Å². The van der Waals surface area contributed by atoms with Crippen molar-refractivity contribution in [1.29, 1.82) is 0 Å². The summed E-state index contributed by atoms with van der Waals surface area (Å²) in [6, 6.07) is 3.55. The van der Waals surface area contributed by atoms with Gasteiger partial charge in [0.2, 0.25) is 0 Å². The summed E-state index contributed by atoms with van der Waals surface area (Å²) < 4.78 is 32.0. The SMILES string of the molecule is CC[C@H](C)Oc1cc2nc(C34COC(C)(C3)C4)cn2cc1C(=O)O.CC[C@H](C)Oc1cc2nc(C34COC(C)(C3)C4)cn2cc1C(=O)OC. The lowest BCUT2D eigenvalue weighted by atomic mass is 9.62. The average molecular weight is 675 g/mol. The van der Waals surface area contributed by atoms with E-state index < -0.39 is 11.9 Å². The topological polar surface area (TPSA) is 135 Å². The molecule has 6 aliphatic rings. The van der Waals surface area contributed by atoms with E-state index in [0.29, 0.717) is 35.9 Å². The van der Waals surface area contributed by atoms with Gasteiger partial charge in [-0.05, 0) is 66.2 Å². The number of carbonyl (C=O) groups excluding carboxylic acids is 1. The van der Waals surface area contributed by atoms with Crippen LogP contribution in [0.4, 0.5) is 0 Å². The fourth-order valence-electron chi connectivity index (χ4n) is 8.06. The summed E-state index contributed by atoms with van der Waals surface area (Å²) >= 11 is 0. The van der Waals surface area contributed by atoms with Crippen molar-refractivity contribution in [2.24, 2.45) is 0 Å². The minimum atomic E-state index is -0.996. The average Bonchev–Trinajstić information content (AvgIpc) is 3.89. The van der Waals surface area contributed by atoms with Crippen LogP contribution in [0.15, 0.2) is 36.9 Å². The first kappa shape index (κ1) is 33.3. The largest absolute Gasteiger partial charge is 0.490 e. The van der Waals surface area contributed by atoms with Crippen molar-refractivity contribution >= 4 is 23.2 Å². The highest BCUT2D eigenvalue weighted by atomic mass is 16.5. The molecule has 49 heavy (non-hydrogen) atoms. The molecule has 0 amide bonds. The summed E-state index contributed by atoms with van der Waals surface area (Å²) in [5.74, 6) is -0.511. The van der Waals surface area contributed by atoms with E-state index in [1.165, 1.54) is 7.11 Å². The minimum absolute atomic E-state index is 0.00709. The summed E-state index contributed by atoms with van der Waals surface area (Å²) in [4.78, 5) is 33.3. The van der Waals surface area contributed by atoms with E-state index in [9.17, 15) is 14.7 Å². The van der Waals surface area contributed by atoms with Crippen molar-refractivity contribution in [3.05, 3.63) is 59.4 Å². The first-order valence-electron chi connectivity index (χ1n) is 17.2. The molecule has 0 unspecified atom stereocenters. The number of carboxylic acids is 1. The van der Waals surface area contributed by atoms with Gasteiger partial charge < -0.3 is 37.6 Å². The van der Waals surface area contributed by atoms with Gasteiger partial charge in [0.15, 0.2) is 0 Å². The Hall–Kier alpha value is -4.16. The smallest absolute Gasteiger partial charge is 0.343 e. The Morgan fingerprint density at radius 3 is 1.59 bits per heavy atom. The standard InChI is InChI=1S/C19H24N2O4.C18H22N2O4/c1-5-12(2)25-14-6-16-20-15(19-9-18(3,10-19)24-11-19)8-21(16)7-13(14)17(22)23-4;1-4-11(2)24-13-5-15-19-14(7-20(15)6-12(13)16(21)22)18-8-17(3,9-18)23-10-18/h6-8,12H,5,9-11H2,1-4H3;5-7,11H,4,8-10H2,1-3H3,(H,21,22)/t12-,18?,19?;11-,17?,18?/m00/s1. The molecule has 6 fully saturated rings. The quantitative estimate of drug-likeness (QED) is 0.195. The number of fused-ring (bicyclic) bond motifs is 4. The normalized spacial score (nSPS) is 29.0. The third kappa shape index (κ3) is 5.72. The number of aromatic carboxylic acids is 1. The number of rotatable bonds is 10. The number of hydrogen-bond donors (Lipinski definition) is 1. The molecule has 10 rings (SSSR count). The molecule has 4 aromatic rings. The molecule has 262 valence electrons. The van der Waals surface area contributed by atoms with Crippen LogP contribution in [-0.2, 0) is 25.0 Å². The van der Waals surface area contributed by atoms with E-state index >= 15 is 0 Å². The Balaban J connectivity index is 0.000000154. The summed E-state index contributed by atoms with van der Waals surface area (Å²) in [6.07, 6.45) is 12.9. The van der Waals surface area contributed by atoms with E-state index in [0.717, 1.165) is 55.6 Å². The molecule has 4 aliphatic heterocycles. The van der Waals surface area contributed by atoms with E-state index in [-0.39, 0.29) is 39.8 Å². The molecule has 2 saturated carbocycles. The van der Waals surface area contributed by atoms with E-state index in [4.69, 9.17) is 33.7 Å². The van der Waals surface area contributed by atoms with Gasteiger partial charge in [0.25, 0.3) is 0 Å². The monoisotopic (exact) mass is 674 g/mol. The van der Waals surface area contributed by atoms with Crippen LogP contribution in [0, 0.1) is 0 Å². The second-order valence-electron chi connectivity index (χ2n) is 15.1. The number of nitrogens with zero attached hydrogens (tertiary/aromatic N) is 4. The van der Waals surface area contributed by atoms with Crippen LogP contribution >= 0.6 is 0 Å². The maximum Gasteiger partial charge on any atom is 0.343 e. The molecule has 0 radical (unpaired) electrons. The van der Waals surface area contributed by atoms with Crippen molar-refractivity contribution in [3.8, 4) is 11.5 Å². The van der Waals surface area contributed by atoms with Crippen LogP contribution in [0.5, 0.6) is 11.5 Å². The van der Waals surface area contributed by atoms with Crippen molar-refractivity contribution in [2.75, 3.05) is 20.3 Å². The molecule has 12 nitrogen and oxygen atoms in total. The van der Waals surface area contributed by atoms with Crippen LogP contribution in [-0.4, -0.2) is 79.5 Å². The molecule has 0 spiro atoms. The molecule has 4 bridgehead atoms. The molecule has 2 aliphatic carbocycles. The van der Waals surface area contributed by atoms with Crippen molar-refractivity contribution in [1.82, 2.24) is 18.8 Å². The van der Waals surface area contributed by atoms with E-state index in [1.54, 1.807) is 22.9 Å². The van der Waals surface area contributed by atoms with Gasteiger partial charge in [-0.3, -0.25) is 0 Å². The van der Waals surface area contributed by atoms with Gasteiger partial charge in [0.05, 0.1) is 55.1 Å². The number of esters is 1. The lowest BCUT2D eigenvalue weighted by Crippen LogP contribution is -2.45. The highest BCUT2D eigenvalue weighted by molar-refractivity contribution is 5.93. The number of imidazole rings is 2. The zero-order valence-electron chi connectivity index (χ0n) is 29.4. The summed E-state index contributed by atoms with van der Waals surface area (Å²) in [5.41, 5.74) is 4.08. The lowest BCUT2D eigenvalue weighted by Gasteiger charge is -2.41. The van der Waals surface area contributed by atoms with Gasteiger partial charge in [-0.25, -0.2) is 19.6 Å². The van der Waals surface area contributed by atoms with Crippen LogP contribution in [0.3, 0.4) is 0 Å². The third-order valence-electron chi connectivity index (χ3n) is 10.9. The van der Waals surface area contributed by atoms with Crippen LogP contribution in [0.25, 0.3) is 11.3 Å². The molecule has 8 heterocycles. The Morgan fingerprint density at radius 2 is 1.22 bits per heavy atom. The van der Waals surface area contributed by atoms with Gasteiger partial charge in [-0.15, -0.1) is 0 Å². The second kappa shape index (κ2) is 11.7. The Kier molecular flexibility index (Phi) is 7.98. The summed E-state index contributed by atoms with van der Waals surface area (Å²) in [6.45, 7) is 13.6. The molecule has 4 aromatic heterocycles. The van der Waals surface area contributed by atoms with Gasteiger partial charge in [-0.2, -0.15) is 0 Å². The molecular formula is C37H46N4O8. The fraction of sp³-hybridized carbons (Fsp3) is 0.568. The molecule has 4 saturated heterocycles. The summed E-state index contributed by atoms with van der Waals surface area (Å²) in [7, 11) is 1.38. The predicted octanol–water partition coefficient (Wildman–Crippen LogP) is 6.15. The van der Waals surface area contributed by atoms with Crippen LogP contribution in [0.2, 0.25) is 0 Å². The van der Waals surface area contributed by atoms with Gasteiger partial charge in [-0.1, -0.05) is 13.8 Å². The number of carbonyl (C=O) groups is 2. The maximum atomic E-state index is 12.2. The number of aromatic nitrogens is 4. The number of carboxylic acid groups (broad SMARTS) is 1. The highest BCUT2D eigenvalue weighted by Gasteiger charge is 2.62. The number of hydrogen-bond acceptors (Lipinski definition) is 9. The van der Waals surface area contributed by atoms with Gasteiger partial charge >= 0.3 is 11.9 Å². The Morgan fingerprint density at radius 1 is 0.796 bits per heavy atom. The van der Waals surface area contributed by atoms with E-state index in [1.807, 2.05) is 50.6 Å². The van der Waals surface area contributed by atoms with Gasteiger partial charge in [0, 0.05) is 47.8 Å². The van der Waals surface area contributed by atoms with Crippen molar-refractivity contribution in [3.63, 3.8) is 0 Å². The van der Waals surface area contributed by atoms with Gasteiger partial charge in [0.1, 0.15) is 33.9 Å². The maximum absolute atomic E-state index is 12.2. The zero-order chi connectivity index (χ0) is 34.9. The Bertz CT molecular complexity index is 1930. The first-order valence-corrected chi connectivity index (χ1v) is 17.2. The van der Waals surface area contributed by atoms with Crippen LogP contribution < -0.4 is 9.47 Å².